The highest BCUT2D eigenvalue weighted by Crippen LogP contribution is 2.12. The third kappa shape index (κ3) is 3.56. The van der Waals surface area contributed by atoms with E-state index in [2.05, 4.69) is 26.2 Å². The number of aromatic nitrogens is 4. The van der Waals surface area contributed by atoms with Crippen molar-refractivity contribution >= 4 is 18.3 Å². The summed E-state index contributed by atoms with van der Waals surface area (Å²) < 4.78 is 1.49. The van der Waals surface area contributed by atoms with Gasteiger partial charge in [-0.15, -0.1) is 17.5 Å². The topological polar surface area (TPSA) is 84.7 Å². The summed E-state index contributed by atoms with van der Waals surface area (Å²) in [5, 5.41) is 17.3. The van der Waals surface area contributed by atoms with Crippen LogP contribution in [0.4, 0.5) is 0 Å². The lowest BCUT2D eigenvalue weighted by Crippen LogP contribution is -2.37. The van der Waals surface area contributed by atoms with Crippen molar-refractivity contribution in [1.82, 2.24) is 30.8 Å². The van der Waals surface area contributed by atoms with Crippen molar-refractivity contribution in [3.63, 3.8) is 0 Å². The fourth-order valence-corrected chi connectivity index (χ4v) is 2.38. The number of para-hydroxylation sites is 1. The number of nitrogens with zero attached hydrogens (tertiary/aromatic N) is 4. The molecule has 1 atom stereocenters. The van der Waals surface area contributed by atoms with E-state index >= 15 is 0 Å². The summed E-state index contributed by atoms with van der Waals surface area (Å²) in [4.78, 5) is 12.3. The molecule has 7 nitrogen and oxygen atoms in total. The number of hydrogen-bond acceptors (Lipinski definition) is 5. The van der Waals surface area contributed by atoms with E-state index in [1.807, 2.05) is 18.2 Å². The van der Waals surface area contributed by atoms with E-state index in [0.717, 1.165) is 13.0 Å². The Balaban J connectivity index is 0.00000161. The minimum Gasteiger partial charge on any atom is -0.350 e. The molecule has 0 aliphatic carbocycles. The number of amides is 1. The summed E-state index contributed by atoms with van der Waals surface area (Å²) in [5.74, 6) is -0.107. The first-order valence-corrected chi connectivity index (χ1v) is 6.68. The fraction of sp³-hybridized carbons (Fsp3) is 0.385. The second-order valence-electron chi connectivity index (χ2n) is 4.77. The summed E-state index contributed by atoms with van der Waals surface area (Å²) in [6, 6.07) is 7.65. The molecule has 0 radical (unpaired) electrons. The van der Waals surface area contributed by atoms with Crippen LogP contribution in [0.5, 0.6) is 0 Å². The van der Waals surface area contributed by atoms with E-state index in [1.165, 1.54) is 17.4 Å². The Morgan fingerprint density at radius 1 is 1.43 bits per heavy atom. The van der Waals surface area contributed by atoms with Gasteiger partial charge in [-0.1, -0.05) is 12.1 Å². The SMILES string of the molecule is Cl.O=C(NCC1CCCN1)c1ccccc1-n1cnnn1. The van der Waals surface area contributed by atoms with E-state index in [-0.39, 0.29) is 18.3 Å². The van der Waals surface area contributed by atoms with Gasteiger partial charge in [-0.25, -0.2) is 0 Å². The molecule has 1 aliphatic rings. The minimum absolute atomic E-state index is 0. The molecule has 112 valence electrons. The van der Waals surface area contributed by atoms with E-state index < -0.39 is 0 Å². The maximum absolute atomic E-state index is 12.3. The summed E-state index contributed by atoms with van der Waals surface area (Å²) in [6.07, 6.45) is 3.75. The molecule has 0 saturated carbocycles. The van der Waals surface area contributed by atoms with E-state index in [4.69, 9.17) is 0 Å². The van der Waals surface area contributed by atoms with Gasteiger partial charge >= 0.3 is 0 Å². The zero-order chi connectivity index (χ0) is 13.8. The first-order valence-electron chi connectivity index (χ1n) is 6.68. The summed E-state index contributed by atoms with van der Waals surface area (Å²) in [7, 11) is 0. The molecule has 1 saturated heterocycles. The monoisotopic (exact) mass is 308 g/mol. The van der Waals surface area contributed by atoms with Gasteiger partial charge in [0.2, 0.25) is 0 Å². The molecule has 2 N–H and O–H groups in total. The minimum atomic E-state index is -0.107. The Kier molecular flexibility index (Phi) is 5.24. The second-order valence-corrected chi connectivity index (χ2v) is 4.77. The lowest BCUT2D eigenvalue weighted by molar-refractivity contribution is 0.0950. The molecular formula is C13H17ClN6O. The predicted octanol–water partition coefficient (Wildman–Crippen LogP) is 0.566. The summed E-state index contributed by atoms with van der Waals surface area (Å²) in [6.45, 7) is 1.67. The first kappa shape index (κ1) is 15.4. The van der Waals surface area contributed by atoms with E-state index in [1.54, 1.807) is 6.07 Å². The molecule has 1 aromatic carbocycles. The van der Waals surface area contributed by atoms with Gasteiger partial charge in [0.05, 0.1) is 11.3 Å². The molecule has 2 aromatic rings. The Bertz CT molecular complexity index is 582. The van der Waals surface area contributed by atoms with Crippen LogP contribution in [0, 0.1) is 0 Å². The van der Waals surface area contributed by atoms with Crippen LogP contribution in [0.3, 0.4) is 0 Å². The van der Waals surface area contributed by atoms with Crippen molar-refractivity contribution in [3.8, 4) is 5.69 Å². The first-order chi connectivity index (χ1) is 9.84. The number of benzene rings is 1. The van der Waals surface area contributed by atoms with Gasteiger partial charge in [-0.05, 0) is 41.9 Å². The Hall–Kier alpha value is -1.99. The number of rotatable bonds is 4. The van der Waals surface area contributed by atoms with Gasteiger partial charge in [0.15, 0.2) is 0 Å². The fourth-order valence-electron chi connectivity index (χ4n) is 2.38. The van der Waals surface area contributed by atoms with Gasteiger partial charge in [0, 0.05) is 12.6 Å². The van der Waals surface area contributed by atoms with Gasteiger partial charge < -0.3 is 10.6 Å². The third-order valence-electron chi connectivity index (χ3n) is 3.42. The van der Waals surface area contributed by atoms with Crippen LogP contribution in [0.1, 0.15) is 23.2 Å². The van der Waals surface area contributed by atoms with Crippen molar-refractivity contribution < 1.29 is 4.79 Å². The number of carbonyl (C=O) groups excluding carboxylic acids is 1. The molecular weight excluding hydrogens is 292 g/mol. The van der Waals surface area contributed by atoms with Gasteiger partial charge in [0.1, 0.15) is 6.33 Å². The summed E-state index contributed by atoms with van der Waals surface area (Å²) in [5.41, 5.74) is 1.24. The Morgan fingerprint density at radius 2 is 2.29 bits per heavy atom. The van der Waals surface area contributed by atoms with Crippen molar-refractivity contribution in [3.05, 3.63) is 36.2 Å². The second kappa shape index (κ2) is 7.14. The molecule has 21 heavy (non-hydrogen) atoms. The smallest absolute Gasteiger partial charge is 0.253 e. The maximum atomic E-state index is 12.3. The van der Waals surface area contributed by atoms with Crippen LogP contribution in [0.25, 0.3) is 5.69 Å². The van der Waals surface area contributed by atoms with Crippen LogP contribution in [-0.4, -0.2) is 45.2 Å². The molecule has 1 unspecified atom stereocenters. The zero-order valence-electron chi connectivity index (χ0n) is 11.4. The van der Waals surface area contributed by atoms with Crippen molar-refractivity contribution in [2.75, 3.05) is 13.1 Å². The highest BCUT2D eigenvalue weighted by Gasteiger charge is 2.17. The summed E-state index contributed by atoms with van der Waals surface area (Å²) >= 11 is 0. The molecule has 0 bridgehead atoms. The number of tetrazole rings is 1. The molecule has 1 amide bonds. The van der Waals surface area contributed by atoms with Crippen molar-refractivity contribution in [2.24, 2.45) is 0 Å². The molecule has 8 heteroatoms. The number of halogens is 1. The van der Waals surface area contributed by atoms with Gasteiger partial charge in [-0.3, -0.25) is 4.79 Å². The number of carbonyl (C=O) groups is 1. The molecule has 1 fully saturated rings. The average molecular weight is 309 g/mol. The van der Waals surface area contributed by atoms with Gasteiger partial charge in [0.25, 0.3) is 5.91 Å². The van der Waals surface area contributed by atoms with Crippen LogP contribution >= 0.6 is 12.4 Å². The molecule has 0 spiro atoms. The molecule has 1 aliphatic heterocycles. The molecule has 3 rings (SSSR count). The quantitative estimate of drug-likeness (QED) is 0.862. The Labute approximate surface area is 128 Å². The standard InChI is InChI=1S/C13H16N6O.ClH/c20-13(15-8-10-4-3-7-14-10)11-5-1-2-6-12(11)19-9-16-17-18-19;/h1-2,5-6,9-10,14H,3-4,7-8H2,(H,15,20);1H. The van der Waals surface area contributed by atoms with Crippen LogP contribution in [0.15, 0.2) is 30.6 Å². The highest BCUT2D eigenvalue weighted by molar-refractivity contribution is 5.97. The van der Waals surface area contributed by atoms with E-state index in [0.29, 0.717) is 23.8 Å². The lowest BCUT2D eigenvalue weighted by Gasteiger charge is -2.13. The maximum Gasteiger partial charge on any atom is 0.253 e. The van der Waals surface area contributed by atoms with Crippen molar-refractivity contribution in [1.29, 1.82) is 0 Å². The molecule has 1 aromatic heterocycles. The van der Waals surface area contributed by atoms with Gasteiger partial charge in [-0.2, -0.15) is 4.68 Å². The highest BCUT2D eigenvalue weighted by atomic mass is 35.5. The third-order valence-corrected chi connectivity index (χ3v) is 3.42. The Morgan fingerprint density at radius 3 is 3.00 bits per heavy atom. The van der Waals surface area contributed by atoms with Crippen LogP contribution in [-0.2, 0) is 0 Å². The molecule has 2 heterocycles. The zero-order valence-corrected chi connectivity index (χ0v) is 12.2. The van der Waals surface area contributed by atoms with Crippen molar-refractivity contribution in [2.45, 2.75) is 18.9 Å². The largest absolute Gasteiger partial charge is 0.350 e. The van der Waals surface area contributed by atoms with E-state index in [9.17, 15) is 4.79 Å². The lowest BCUT2D eigenvalue weighted by atomic mass is 10.1. The number of hydrogen-bond donors (Lipinski definition) is 2. The van der Waals surface area contributed by atoms with Crippen LogP contribution in [0.2, 0.25) is 0 Å². The number of nitrogens with one attached hydrogen (secondary N) is 2. The predicted molar refractivity (Wildman–Crippen MR) is 79.8 cm³/mol. The normalized spacial score (nSPS) is 17.2. The average Bonchev–Trinajstić information content (AvgIpc) is 3.18. The van der Waals surface area contributed by atoms with Crippen LogP contribution < -0.4 is 10.6 Å².